The van der Waals surface area contributed by atoms with Crippen molar-refractivity contribution in [3.05, 3.63) is 0 Å². The lowest BCUT2D eigenvalue weighted by Crippen LogP contribution is -2.58. The van der Waals surface area contributed by atoms with Gasteiger partial charge in [0.15, 0.2) is 6.29 Å². The molecule has 23 heavy (non-hydrogen) atoms. The van der Waals surface area contributed by atoms with E-state index in [-0.39, 0.29) is 6.61 Å². The molecule has 0 spiro atoms. The van der Waals surface area contributed by atoms with E-state index in [9.17, 15) is 25.5 Å². The van der Waals surface area contributed by atoms with Crippen molar-refractivity contribution in [2.45, 2.75) is 49.0 Å². The first kappa shape index (κ1) is 20.6. The van der Waals surface area contributed by atoms with Crippen molar-refractivity contribution < 1.29 is 55.1 Å². The number of aliphatic hydroxyl groups is 8. The zero-order valence-electron chi connectivity index (χ0n) is 12.2. The second-order valence-corrected chi connectivity index (χ2v) is 5.11. The first-order chi connectivity index (χ1) is 10.9. The van der Waals surface area contributed by atoms with Crippen LogP contribution in [0.2, 0.25) is 0 Å². The fraction of sp³-hybridized carbons (Fsp3) is 1.00. The summed E-state index contributed by atoms with van der Waals surface area (Å²) in [6, 6.07) is 0. The van der Waals surface area contributed by atoms with Gasteiger partial charge in [-0.05, 0) is 0 Å². The van der Waals surface area contributed by atoms with E-state index in [1.807, 2.05) is 0 Å². The highest BCUT2D eigenvalue weighted by Crippen LogP contribution is 2.23. The van der Waals surface area contributed by atoms with E-state index in [2.05, 4.69) is 0 Å². The lowest BCUT2D eigenvalue weighted by atomic mass is 10.0. The Morgan fingerprint density at radius 3 is 2.13 bits per heavy atom. The van der Waals surface area contributed by atoms with Crippen molar-refractivity contribution >= 4 is 0 Å². The van der Waals surface area contributed by atoms with Crippen molar-refractivity contribution in [3.8, 4) is 0 Å². The SMILES string of the molecule is OCO[C@@H]1[C@H](O)COC(O[C@H](C(O)CO)[C@@H](O)C(O)CO)[C@H]1O. The number of hydrogen-bond acceptors (Lipinski definition) is 11. The van der Waals surface area contributed by atoms with Crippen LogP contribution in [0.5, 0.6) is 0 Å². The zero-order valence-corrected chi connectivity index (χ0v) is 12.2. The molecule has 0 aliphatic carbocycles. The number of ether oxygens (including phenoxy) is 3. The van der Waals surface area contributed by atoms with Gasteiger partial charge >= 0.3 is 0 Å². The van der Waals surface area contributed by atoms with E-state index in [0.29, 0.717) is 0 Å². The van der Waals surface area contributed by atoms with Gasteiger partial charge in [-0.1, -0.05) is 0 Å². The molecule has 0 aromatic carbocycles. The van der Waals surface area contributed by atoms with Crippen molar-refractivity contribution in [2.75, 3.05) is 26.6 Å². The first-order valence-electron chi connectivity index (χ1n) is 6.98. The highest BCUT2D eigenvalue weighted by molar-refractivity contribution is 4.88. The van der Waals surface area contributed by atoms with Gasteiger partial charge in [0.2, 0.25) is 0 Å². The summed E-state index contributed by atoms with van der Waals surface area (Å²) in [5, 5.41) is 75.2. The maximum atomic E-state index is 10.0. The van der Waals surface area contributed by atoms with Crippen LogP contribution in [0.4, 0.5) is 0 Å². The Hall–Kier alpha value is -0.440. The smallest absolute Gasteiger partial charge is 0.186 e. The molecule has 0 saturated carbocycles. The molecule has 0 aromatic heterocycles. The summed E-state index contributed by atoms with van der Waals surface area (Å²) < 4.78 is 15.0. The van der Waals surface area contributed by atoms with Crippen molar-refractivity contribution in [1.29, 1.82) is 0 Å². The molecule has 1 fully saturated rings. The van der Waals surface area contributed by atoms with Crippen LogP contribution in [0.1, 0.15) is 0 Å². The molecule has 1 heterocycles. The molecule has 11 nitrogen and oxygen atoms in total. The lowest BCUT2D eigenvalue weighted by Gasteiger charge is -2.40. The Morgan fingerprint density at radius 1 is 1.00 bits per heavy atom. The summed E-state index contributed by atoms with van der Waals surface area (Å²) in [5.74, 6) is 0. The predicted molar refractivity (Wildman–Crippen MR) is 70.8 cm³/mol. The molecule has 1 saturated heterocycles. The van der Waals surface area contributed by atoms with Crippen LogP contribution in [0.25, 0.3) is 0 Å². The predicted octanol–water partition coefficient (Wildman–Crippen LogP) is -5.15. The molecule has 138 valence electrons. The van der Waals surface area contributed by atoms with Crippen molar-refractivity contribution in [1.82, 2.24) is 0 Å². The maximum absolute atomic E-state index is 10.0. The van der Waals surface area contributed by atoms with E-state index >= 15 is 0 Å². The first-order valence-corrected chi connectivity index (χ1v) is 6.98. The molecule has 8 N–H and O–H groups in total. The van der Waals surface area contributed by atoms with Gasteiger partial charge in [0.25, 0.3) is 0 Å². The van der Waals surface area contributed by atoms with Crippen LogP contribution in [0.3, 0.4) is 0 Å². The molecule has 1 aliphatic rings. The van der Waals surface area contributed by atoms with Crippen LogP contribution in [-0.2, 0) is 14.2 Å². The third-order valence-corrected chi connectivity index (χ3v) is 3.47. The molecule has 3 unspecified atom stereocenters. The second kappa shape index (κ2) is 9.76. The minimum Gasteiger partial charge on any atom is -0.394 e. The van der Waals surface area contributed by atoms with Gasteiger partial charge in [0, 0.05) is 0 Å². The molecule has 0 amide bonds. The van der Waals surface area contributed by atoms with E-state index in [1.165, 1.54) is 0 Å². The van der Waals surface area contributed by atoms with Crippen molar-refractivity contribution in [2.24, 2.45) is 0 Å². The third kappa shape index (κ3) is 5.27. The van der Waals surface area contributed by atoms with Crippen LogP contribution >= 0.6 is 0 Å². The summed E-state index contributed by atoms with van der Waals surface area (Å²) in [7, 11) is 0. The summed E-state index contributed by atoms with van der Waals surface area (Å²) in [5.41, 5.74) is 0. The maximum Gasteiger partial charge on any atom is 0.186 e. The zero-order chi connectivity index (χ0) is 17.6. The Morgan fingerprint density at radius 2 is 1.61 bits per heavy atom. The third-order valence-electron chi connectivity index (χ3n) is 3.47. The van der Waals surface area contributed by atoms with E-state index < -0.39 is 69.0 Å². The molecule has 0 radical (unpaired) electrons. The van der Waals surface area contributed by atoms with E-state index in [0.717, 1.165) is 0 Å². The minimum atomic E-state index is -1.79. The Balaban J connectivity index is 2.81. The second-order valence-electron chi connectivity index (χ2n) is 5.11. The molecule has 1 rings (SSSR count). The molecule has 1 aliphatic heterocycles. The van der Waals surface area contributed by atoms with Crippen LogP contribution in [-0.4, -0.2) is 116 Å². The van der Waals surface area contributed by atoms with Gasteiger partial charge in [-0.25, -0.2) is 0 Å². The summed E-state index contributed by atoms with van der Waals surface area (Å²) in [4.78, 5) is 0. The van der Waals surface area contributed by atoms with E-state index in [1.54, 1.807) is 0 Å². The normalized spacial score (nSPS) is 33.9. The summed E-state index contributed by atoms with van der Waals surface area (Å²) in [6.45, 7) is -2.77. The van der Waals surface area contributed by atoms with Gasteiger partial charge in [-0.2, -0.15) is 0 Å². The topological polar surface area (TPSA) is 190 Å². The lowest BCUT2D eigenvalue weighted by molar-refractivity contribution is -0.313. The van der Waals surface area contributed by atoms with Gasteiger partial charge in [0.1, 0.15) is 49.5 Å². The van der Waals surface area contributed by atoms with Gasteiger partial charge < -0.3 is 55.1 Å². The molecule has 0 aromatic rings. The molecule has 8 atom stereocenters. The number of rotatable bonds is 9. The van der Waals surface area contributed by atoms with Gasteiger partial charge in [-0.15, -0.1) is 0 Å². The fourth-order valence-corrected chi connectivity index (χ4v) is 2.17. The van der Waals surface area contributed by atoms with Crippen LogP contribution < -0.4 is 0 Å². The van der Waals surface area contributed by atoms with E-state index in [4.69, 9.17) is 29.5 Å². The van der Waals surface area contributed by atoms with Crippen LogP contribution in [0.15, 0.2) is 0 Å². The van der Waals surface area contributed by atoms with Gasteiger partial charge in [-0.3, -0.25) is 0 Å². The largest absolute Gasteiger partial charge is 0.394 e. The standard InChI is InChI=1S/C12H24O11/c13-1-5(16)8(19)11(6(17)2-14)23-12-9(20)10(22-4-15)7(18)3-21-12/h5-20H,1-4H2/t5?,6?,7-,8+,9+,10-,11-,12?/m1/s1. The molecular weight excluding hydrogens is 320 g/mol. The number of aliphatic hydroxyl groups excluding tert-OH is 8. The average Bonchev–Trinajstić information content (AvgIpc) is 2.56. The summed E-state index contributed by atoms with van der Waals surface area (Å²) >= 11 is 0. The molecular formula is C12H24O11. The monoisotopic (exact) mass is 344 g/mol. The minimum absolute atomic E-state index is 0.326. The Bertz CT molecular complexity index is 330. The highest BCUT2D eigenvalue weighted by Gasteiger charge is 2.44. The molecule has 11 heteroatoms. The van der Waals surface area contributed by atoms with Crippen LogP contribution in [0, 0.1) is 0 Å². The summed E-state index contributed by atoms with van der Waals surface area (Å²) in [6.07, 6.45) is -12.3. The Kier molecular flexibility index (Phi) is 8.74. The fourth-order valence-electron chi connectivity index (χ4n) is 2.17. The quantitative estimate of drug-likeness (QED) is 0.187. The average molecular weight is 344 g/mol. The highest BCUT2D eigenvalue weighted by atomic mass is 16.7. The van der Waals surface area contributed by atoms with Crippen molar-refractivity contribution in [3.63, 3.8) is 0 Å². The number of hydrogen-bond donors (Lipinski definition) is 8. The Labute approximate surface area is 131 Å². The van der Waals surface area contributed by atoms with Gasteiger partial charge in [0.05, 0.1) is 19.8 Å². The molecule has 0 bridgehead atoms.